The first-order valence-electron chi connectivity index (χ1n) is 6.99. The molecule has 2 aromatic rings. The van der Waals surface area contributed by atoms with Crippen LogP contribution in [0.5, 0.6) is 5.75 Å². The van der Waals surface area contributed by atoms with Crippen molar-refractivity contribution in [2.24, 2.45) is 0 Å². The number of phenolic OH excluding ortho intramolecular Hbond substituents is 1. The van der Waals surface area contributed by atoms with Gasteiger partial charge in [0.15, 0.2) is 0 Å². The van der Waals surface area contributed by atoms with Gasteiger partial charge in [-0.25, -0.2) is 0 Å². The third-order valence-electron chi connectivity index (χ3n) is 3.91. The largest absolute Gasteiger partial charge is 0.508 e. The first kappa shape index (κ1) is 13.5. The van der Waals surface area contributed by atoms with Crippen LogP contribution >= 0.6 is 11.6 Å². The van der Waals surface area contributed by atoms with E-state index in [1.165, 1.54) is 11.1 Å². The highest BCUT2D eigenvalue weighted by molar-refractivity contribution is 6.31. The molecule has 3 heteroatoms. The predicted octanol–water partition coefficient (Wildman–Crippen LogP) is 3.99. The predicted molar refractivity (Wildman–Crippen MR) is 82.0 cm³/mol. The Morgan fingerprint density at radius 1 is 1.05 bits per heavy atom. The Balaban J connectivity index is 1.82. The van der Waals surface area contributed by atoms with Gasteiger partial charge in [0.25, 0.3) is 0 Å². The van der Waals surface area contributed by atoms with E-state index >= 15 is 0 Å². The van der Waals surface area contributed by atoms with Gasteiger partial charge in [-0.05, 0) is 42.6 Å². The third kappa shape index (κ3) is 2.82. The molecule has 0 amide bonds. The Hall–Kier alpha value is -1.51. The molecule has 2 aromatic carbocycles. The van der Waals surface area contributed by atoms with E-state index in [4.69, 9.17) is 11.6 Å². The standard InChI is InChI=1S/C17H18ClNO/c18-16-8-3-9-17(20)15(16)12-19-10-4-7-13-5-1-2-6-14(13)11-19/h1-3,5-6,8-9,20H,4,7,10-12H2. The zero-order valence-corrected chi connectivity index (χ0v) is 12.1. The topological polar surface area (TPSA) is 23.5 Å². The van der Waals surface area contributed by atoms with Crippen LogP contribution < -0.4 is 0 Å². The molecule has 2 nitrogen and oxygen atoms in total. The Labute approximate surface area is 124 Å². The Kier molecular flexibility index (Phi) is 3.95. The Bertz CT molecular complexity index is 591. The van der Waals surface area contributed by atoms with Gasteiger partial charge >= 0.3 is 0 Å². The molecule has 0 saturated carbocycles. The maximum Gasteiger partial charge on any atom is 0.121 e. The van der Waals surface area contributed by atoms with Crippen molar-refractivity contribution in [1.29, 1.82) is 0 Å². The number of phenols is 1. The highest BCUT2D eigenvalue weighted by Gasteiger charge is 2.16. The second-order valence-corrected chi connectivity index (χ2v) is 5.73. The van der Waals surface area contributed by atoms with Crippen LogP contribution in [0.4, 0.5) is 0 Å². The summed E-state index contributed by atoms with van der Waals surface area (Å²) in [4.78, 5) is 2.35. The van der Waals surface area contributed by atoms with Crippen molar-refractivity contribution >= 4 is 11.6 Å². The molecule has 3 rings (SSSR count). The van der Waals surface area contributed by atoms with Crippen LogP contribution in [-0.4, -0.2) is 16.6 Å². The number of benzene rings is 2. The van der Waals surface area contributed by atoms with E-state index in [0.29, 0.717) is 11.6 Å². The molecule has 0 atom stereocenters. The van der Waals surface area contributed by atoms with Crippen LogP contribution in [0.15, 0.2) is 42.5 Å². The SMILES string of the molecule is Oc1cccc(Cl)c1CN1CCCc2ccccc2C1. The molecule has 20 heavy (non-hydrogen) atoms. The number of fused-ring (bicyclic) bond motifs is 1. The molecule has 0 fully saturated rings. The molecule has 0 spiro atoms. The van der Waals surface area contributed by atoms with E-state index in [1.807, 2.05) is 6.07 Å². The van der Waals surface area contributed by atoms with Crippen molar-refractivity contribution in [3.8, 4) is 5.75 Å². The lowest BCUT2D eigenvalue weighted by Crippen LogP contribution is -2.23. The molecule has 104 valence electrons. The molecule has 1 heterocycles. The molecular weight excluding hydrogens is 270 g/mol. The fourth-order valence-corrected chi connectivity index (χ4v) is 3.06. The van der Waals surface area contributed by atoms with Crippen molar-refractivity contribution in [2.75, 3.05) is 6.54 Å². The van der Waals surface area contributed by atoms with E-state index in [1.54, 1.807) is 12.1 Å². The summed E-state index contributed by atoms with van der Waals surface area (Å²) in [6, 6.07) is 13.9. The van der Waals surface area contributed by atoms with Gasteiger partial charge in [-0.3, -0.25) is 4.90 Å². The summed E-state index contributed by atoms with van der Waals surface area (Å²) in [5.74, 6) is 0.287. The average Bonchev–Trinajstić information content (AvgIpc) is 2.64. The van der Waals surface area contributed by atoms with Crippen LogP contribution in [-0.2, 0) is 19.5 Å². The molecule has 1 aliphatic rings. The Morgan fingerprint density at radius 3 is 2.65 bits per heavy atom. The van der Waals surface area contributed by atoms with Crippen molar-refractivity contribution in [1.82, 2.24) is 4.90 Å². The molecule has 1 N–H and O–H groups in total. The highest BCUT2D eigenvalue weighted by Crippen LogP contribution is 2.28. The molecule has 0 saturated heterocycles. The fourth-order valence-electron chi connectivity index (χ4n) is 2.83. The summed E-state index contributed by atoms with van der Waals surface area (Å²) in [7, 11) is 0. The zero-order valence-electron chi connectivity index (χ0n) is 11.3. The summed E-state index contributed by atoms with van der Waals surface area (Å²) in [5, 5.41) is 10.6. The lowest BCUT2D eigenvalue weighted by atomic mass is 10.0. The number of rotatable bonds is 2. The molecule has 0 bridgehead atoms. The number of nitrogens with zero attached hydrogens (tertiary/aromatic N) is 1. The van der Waals surface area contributed by atoms with Gasteiger partial charge in [0, 0.05) is 23.7 Å². The minimum absolute atomic E-state index is 0.287. The van der Waals surface area contributed by atoms with Gasteiger partial charge in [-0.2, -0.15) is 0 Å². The number of aryl methyl sites for hydroxylation is 1. The number of hydrogen-bond donors (Lipinski definition) is 1. The third-order valence-corrected chi connectivity index (χ3v) is 4.26. The summed E-state index contributed by atoms with van der Waals surface area (Å²) in [5.41, 5.74) is 3.66. The van der Waals surface area contributed by atoms with Crippen molar-refractivity contribution < 1.29 is 5.11 Å². The van der Waals surface area contributed by atoms with E-state index in [0.717, 1.165) is 31.5 Å². The molecule has 1 aliphatic heterocycles. The number of hydrogen-bond acceptors (Lipinski definition) is 2. The lowest BCUT2D eigenvalue weighted by Gasteiger charge is -2.21. The second-order valence-electron chi connectivity index (χ2n) is 5.32. The molecule has 0 unspecified atom stereocenters. The second kappa shape index (κ2) is 5.86. The summed E-state index contributed by atoms with van der Waals surface area (Å²) in [6.45, 7) is 2.64. The van der Waals surface area contributed by atoms with Crippen molar-refractivity contribution in [2.45, 2.75) is 25.9 Å². The van der Waals surface area contributed by atoms with Gasteiger partial charge < -0.3 is 5.11 Å². The first-order valence-corrected chi connectivity index (χ1v) is 7.37. The average molecular weight is 288 g/mol. The van der Waals surface area contributed by atoms with Crippen LogP contribution in [0.3, 0.4) is 0 Å². The van der Waals surface area contributed by atoms with Crippen LogP contribution in [0.2, 0.25) is 5.02 Å². The maximum absolute atomic E-state index is 9.98. The van der Waals surface area contributed by atoms with Gasteiger partial charge in [0.2, 0.25) is 0 Å². The van der Waals surface area contributed by atoms with E-state index in [2.05, 4.69) is 29.2 Å². The Morgan fingerprint density at radius 2 is 1.85 bits per heavy atom. The molecule has 0 radical (unpaired) electrons. The van der Waals surface area contributed by atoms with E-state index in [-0.39, 0.29) is 5.75 Å². The monoisotopic (exact) mass is 287 g/mol. The first-order chi connectivity index (χ1) is 9.74. The maximum atomic E-state index is 9.98. The summed E-state index contributed by atoms with van der Waals surface area (Å²) < 4.78 is 0. The quantitative estimate of drug-likeness (QED) is 0.903. The fraction of sp³-hybridized carbons (Fsp3) is 0.294. The molecule has 0 aliphatic carbocycles. The van der Waals surface area contributed by atoms with Gasteiger partial charge in [0.05, 0.1) is 0 Å². The summed E-state index contributed by atoms with van der Waals surface area (Å²) in [6.07, 6.45) is 2.27. The number of aromatic hydroxyl groups is 1. The van der Waals surface area contributed by atoms with Gasteiger partial charge in [0.1, 0.15) is 5.75 Å². The van der Waals surface area contributed by atoms with Gasteiger partial charge in [-0.15, -0.1) is 0 Å². The smallest absolute Gasteiger partial charge is 0.121 e. The van der Waals surface area contributed by atoms with Crippen LogP contribution in [0, 0.1) is 0 Å². The normalized spacial score (nSPS) is 15.7. The minimum atomic E-state index is 0.287. The molecule has 0 aromatic heterocycles. The van der Waals surface area contributed by atoms with Crippen molar-refractivity contribution in [3.63, 3.8) is 0 Å². The van der Waals surface area contributed by atoms with Crippen molar-refractivity contribution in [3.05, 3.63) is 64.2 Å². The zero-order chi connectivity index (χ0) is 13.9. The van der Waals surface area contributed by atoms with Crippen LogP contribution in [0.1, 0.15) is 23.1 Å². The molecular formula is C17H18ClNO. The lowest BCUT2D eigenvalue weighted by molar-refractivity contribution is 0.257. The van der Waals surface area contributed by atoms with E-state index < -0.39 is 0 Å². The van der Waals surface area contributed by atoms with Gasteiger partial charge in [-0.1, -0.05) is 41.9 Å². The highest BCUT2D eigenvalue weighted by atomic mass is 35.5. The van der Waals surface area contributed by atoms with E-state index in [9.17, 15) is 5.11 Å². The van der Waals surface area contributed by atoms with Crippen LogP contribution in [0.25, 0.3) is 0 Å². The number of halogens is 1. The minimum Gasteiger partial charge on any atom is -0.508 e. The summed E-state index contributed by atoms with van der Waals surface area (Å²) >= 11 is 6.20.